The van der Waals surface area contributed by atoms with E-state index in [4.69, 9.17) is 11.6 Å². The molecule has 1 aliphatic rings. The Hall–Kier alpha value is -3.64. The van der Waals surface area contributed by atoms with Crippen LogP contribution in [0.4, 0.5) is 17.1 Å². The van der Waals surface area contributed by atoms with Crippen LogP contribution in [0.2, 0.25) is 5.02 Å². The molecule has 0 aliphatic carbocycles. The van der Waals surface area contributed by atoms with Crippen LogP contribution in [-0.2, 0) is 9.59 Å². The molecule has 0 saturated heterocycles. The smallest absolute Gasteiger partial charge is 0.259 e. The van der Waals surface area contributed by atoms with E-state index in [2.05, 4.69) is 10.6 Å². The van der Waals surface area contributed by atoms with Crippen LogP contribution in [0.15, 0.2) is 66.7 Å². The van der Waals surface area contributed by atoms with Gasteiger partial charge in [0.2, 0.25) is 11.8 Å². The van der Waals surface area contributed by atoms with Crippen LogP contribution in [0.5, 0.6) is 0 Å². The maximum Gasteiger partial charge on any atom is 0.259 e. The number of carbonyl (C=O) groups excluding carboxylic acids is 3. The molecule has 6 nitrogen and oxygen atoms in total. The van der Waals surface area contributed by atoms with Gasteiger partial charge in [-0.05, 0) is 73.5 Å². The Labute approximate surface area is 191 Å². The Balaban J connectivity index is 1.64. The van der Waals surface area contributed by atoms with Gasteiger partial charge in [0.15, 0.2) is 0 Å². The van der Waals surface area contributed by atoms with Gasteiger partial charge in [0, 0.05) is 16.3 Å². The van der Waals surface area contributed by atoms with Crippen LogP contribution >= 0.6 is 11.6 Å². The van der Waals surface area contributed by atoms with Crippen molar-refractivity contribution in [1.29, 1.82) is 0 Å². The van der Waals surface area contributed by atoms with Gasteiger partial charge in [-0.1, -0.05) is 29.8 Å². The zero-order valence-electron chi connectivity index (χ0n) is 17.7. The van der Waals surface area contributed by atoms with Gasteiger partial charge < -0.3 is 10.6 Å². The number of fused-ring (bicyclic) bond motifs is 1. The lowest BCUT2D eigenvalue weighted by molar-refractivity contribution is -0.122. The molecule has 0 radical (unpaired) electrons. The third kappa shape index (κ3) is 4.36. The fourth-order valence-corrected chi connectivity index (χ4v) is 3.79. The minimum Gasteiger partial charge on any atom is -0.326 e. The maximum atomic E-state index is 13.4. The molecule has 0 spiro atoms. The number of aryl methyl sites for hydroxylation is 2. The lowest BCUT2D eigenvalue weighted by Gasteiger charge is -2.36. The van der Waals surface area contributed by atoms with E-state index in [0.29, 0.717) is 27.6 Å². The molecule has 1 atom stereocenters. The van der Waals surface area contributed by atoms with Gasteiger partial charge >= 0.3 is 0 Å². The molecule has 3 amide bonds. The summed E-state index contributed by atoms with van der Waals surface area (Å²) in [6, 6.07) is 18.1. The lowest BCUT2D eigenvalue weighted by atomic mass is 10.0. The van der Waals surface area contributed by atoms with Crippen molar-refractivity contribution in [3.63, 3.8) is 0 Å². The predicted octanol–water partition coefficient (Wildman–Crippen LogP) is 4.95. The van der Waals surface area contributed by atoms with Gasteiger partial charge in [-0.15, -0.1) is 0 Å². The zero-order valence-corrected chi connectivity index (χ0v) is 18.4. The quantitative estimate of drug-likeness (QED) is 0.593. The number of para-hydroxylation sites is 2. The SMILES string of the molecule is Cc1ccc(NC(=O)CC2C(=O)Nc3ccccc3N2C(=O)c2ccc(Cl)cc2)cc1C. The molecule has 3 aromatic rings. The molecule has 0 aromatic heterocycles. The summed E-state index contributed by atoms with van der Waals surface area (Å²) < 4.78 is 0. The minimum absolute atomic E-state index is 0.188. The number of anilines is 3. The number of nitrogens with one attached hydrogen (secondary N) is 2. The average Bonchev–Trinajstić information content (AvgIpc) is 2.77. The van der Waals surface area contributed by atoms with Crippen molar-refractivity contribution in [1.82, 2.24) is 0 Å². The summed E-state index contributed by atoms with van der Waals surface area (Å²) in [6.07, 6.45) is -0.188. The summed E-state index contributed by atoms with van der Waals surface area (Å²) in [6.45, 7) is 3.95. The summed E-state index contributed by atoms with van der Waals surface area (Å²) in [5.74, 6) is -1.16. The number of nitrogens with zero attached hydrogens (tertiary/aromatic N) is 1. The third-order valence-electron chi connectivity index (χ3n) is 5.52. The molecule has 0 bridgehead atoms. The van der Waals surface area contributed by atoms with Crippen LogP contribution in [0.1, 0.15) is 27.9 Å². The molecule has 0 saturated carbocycles. The highest BCUT2D eigenvalue weighted by Crippen LogP contribution is 2.34. The van der Waals surface area contributed by atoms with Crippen molar-refractivity contribution in [2.24, 2.45) is 0 Å². The number of halogens is 1. The molecule has 1 aliphatic heterocycles. The molecule has 4 rings (SSSR count). The number of amides is 3. The second-order valence-corrected chi connectivity index (χ2v) is 8.19. The molecule has 32 heavy (non-hydrogen) atoms. The largest absolute Gasteiger partial charge is 0.326 e. The highest BCUT2D eigenvalue weighted by Gasteiger charge is 2.38. The first-order valence-electron chi connectivity index (χ1n) is 10.2. The van der Waals surface area contributed by atoms with E-state index in [1.807, 2.05) is 32.0 Å². The number of benzene rings is 3. The monoisotopic (exact) mass is 447 g/mol. The molecule has 1 heterocycles. The minimum atomic E-state index is -1.00. The Morgan fingerprint density at radius 3 is 2.44 bits per heavy atom. The fraction of sp³-hybridized carbons (Fsp3) is 0.160. The standard InChI is InChI=1S/C25H22ClN3O3/c1-15-7-12-19(13-16(15)2)27-23(30)14-22-24(31)28-20-5-3-4-6-21(20)29(22)25(32)17-8-10-18(26)11-9-17/h3-13,22H,14H2,1-2H3,(H,27,30)(H,28,31). The summed E-state index contributed by atoms with van der Waals surface area (Å²) in [5, 5.41) is 6.14. The topological polar surface area (TPSA) is 78.5 Å². The predicted molar refractivity (Wildman–Crippen MR) is 126 cm³/mol. The van der Waals surface area contributed by atoms with Crippen molar-refractivity contribution in [2.45, 2.75) is 26.3 Å². The molecule has 2 N–H and O–H groups in total. The van der Waals surface area contributed by atoms with E-state index >= 15 is 0 Å². The van der Waals surface area contributed by atoms with Crippen LogP contribution in [-0.4, -0.2) is 23.8 Å². The van der Waals surface area contributed by atoms with Crippen molar-refractivity contribution < 1.29 is 14.4 Å². The number of hydrogen-bond donors (Lipinski definition) is 2. The molecule has 7 heteroatoms. The molecular formula is C25H22ClN3O3. The molecule has 1 unspecified atom stereocenters. The van der Waals surface area contributed by atoms with E-state index in [1.165, 1.54) is 4.90 Å². The van der Waals surface area contributed by atoms with Gasteiger partial charge in [0.25, 0.3) is 5.91 Å². The van der Waals surface area contributed by atoms with Gasteiger partial charge in [-0.2, -0.15) is 0 Å². The number of carbonyl (C=O) groups is 3. The first-order valence-corrected chi connectivity index (χ1v) is 10.6. The van der Waals surface area contributed by atoms with E-state index < -0.39 is 11.9 Å². The summed E-state index contributed by atoms with van der Waals surface area (Å²) >= 11 is 5.96. The van der Waals surface area contributed by atoms with Gasteiger partial charge in [-0.3, -0.25) is 19.3 Å². The molecular weight excluding hydrogens is 426 g/mol. The highest BCUT2D eigenvalue weighted by atomic mass is 35.5. The van der Waals surface area contributed by atoms with E-state index in [9.17, 15) is 14.4 Å². The van der Waals surface area contributed by atoms with Gasteiger partial charge in [-0.25, -0.2) is 0 Å². The second kappa shape index (κ2) is 8.85. The summed E-state index contributed by atoms with van der Waals surface area (Å²) in [7, 11) is 0. The van der Waals surface area contributed by atoms with Crippen molar-refractivity contribution in [3.8, 4) is 0 Å². The lowest BCUT2D eigenvalue weighted by Crippen LogP contribution is -2.52. The first kappa shape index (κ1) is 21.6. The van der Waals surface area contributed by atoms with Crippen LogP contribution < -0.4 is 15.5 Å². The number of hydrogen-bond acceptors (Lipinski definition) is 3. The molecule has 0 fully saturated rings. The van der Waals surface area contributed by atoms with E-state index in [-0.39, 0.29) is 18.2 Å². The Bertz CT molecular complexity index is 1210. The van der Waals surface area contributed by atoms with Gasteiger partial charge in [0.05, 0.1) is 17.8 Å². The van der Waals surface area contributed by atoms with Crippen molar-refractivity contribution >= 4 is 46.4 Å². The van der Waals surface area contributed by atoms with Gasteiger partial charge in [0.1, 0.15) is 6.04 Å². The van der Waals surface area contributed by atoms with Crippen LogP contribution in [0.25, 0.3) is 0 Å². The average molecular weight is 448 g/mol. The van der Waals surface area contributed by atoms with E-state index in [1.54, 1.807) is 48.5 Å². The van der Waals surface area contributed by atoms with Crippen LogP contribution in [0.3, 0.4) is 0 Å². The van der Waals surface area contributed by atoms with Crippen molar-refractivity contribution in [2.75, 3.05) is 15.5 Å². The van der Waals surface area contributed by atoms with Crippen molar-refractivity contribution in [3.05, 3.63) is 88.4 Å². The Morgan fingerprint density at radius 1 is 1.00 bits per heavy atom. The fourth-order valence-electron chi connectivity index (χ4n) is 3.66. The highest BCUT2D eigenvalue weighted by molar-refractivity contribution is 6.30. The molecule has 3 aromatic carbocycles. The Kier molecular flexibility index (Phi) is 5.97. The third-order valence-corrected chi connectivity index (χ3v) is 5.77. The first-order chi connectivity index (χ1) is 15.3. The molecule has 162 valence electrons. The van der Waals surface area contributed by atoms with Crippen LogP contribution in [0, 0.1) is 13.8 Å². The maximum absolute atomic E-state index is 13.4. The summed E-state index contributed by atoms with van der Waals surface area (Å²) in [5.41, 5.74) is 4.24. The second-order valence-electron chi connectivity index (χ2n) is 7.76. The summed E-state index contributed by atoms with van der Waals surface area (Å²) in [4.78, 5) is 40.6. The zero-order chi connectivity index (χ0) is 22.8. The van der Waals surface area contributed by atoms with E-state index in [0.717, 1.165) is 11.1 Å². The Morgan fingerprint density at radius 2 is 1.72 bits per heavy atom. The number of rotatable bonds is 4. The normalized spacial score (nSPS) is 15.0.